The molecule has 0 aliphatic heterocycles. The van der Waals surface area contributed by atoms with Crippen molar-refractivity contribution >= 4 is 15.9 Å². The summed E-state index contributed by atoms with van der Waals surface area (Å²) >= 11 is 3.19. The van der Waals surface area contributed by atoms with Crippen LogP contribution in [0.25, 0.3) is 0 Å². The van der Waals surface area contributed by atoms with Crippen molar-refractivity contribution in [1.82, 2.24) is 0 Å². The van der Waals surface area contributed by atoms with Crippen LogP contribution in [0.4, 0.5) is 4.39 Å². The highest BCUT2D eigenvalue weighted by Gasteiger charge is 2.03. The average molecular weight is 218 g/mol. The molecule has 1 aromatic rings. The Morgan fingerprint density at radius 3 is 2.73 bits per heavy atom. The van der Waals surface area contributed by atoms with E-state index in [1.165, 1.54) is 6.07 Å². The SMILES string of the molecule is Cc1c(F)cc(Br)cc1CN. The lowest BCUT2D eigenvalue weighted by Crippen LogP contribution is -2.00. The van der Waals surface area contributed by atoms with Crippen LogP contribution in [0.2, 0.25) is 0 Å². The van der Waals surface area contributed by atoms with Gasteiger partial charge in [-0.05, 0) is 30.2 Å². The molecule has 0 atom stereocenters. The second-order valence-electron chi connectivity index (χ2n) is 2.38. The third-order valence-corrected chi connectivity index (χ3v) is 2.09. The Bertz CT molecular complexity index is 273. The Kier molecular flexibility index (Phi) is 2.62. The topological polar surface area (TPSA) is 26.0 Å². The maximum atomic E-state index is 12.9. The molecular formula is C8H9BrFN. The standard InChI is InChI=1S/C8H9BrFN/c1-5-6(4-11)2-7(9)3-8(5)10/h2-3H,4,11H2,1H3. The van der Waals surface area contributed by atoms with E-state index in [0.29, 0.717) is 12.1 Å². The van der Waals surface area contributed by atoms with Crippen LogP contribution in [0.3, 0.4) is 0 Å². The quantitative estimate of drug-likeness (QED) is 0.769. The first-order valence-electron chi connectivity index (χ1n) is 3.29. The largest absolute Gasteiger partial charge is 0.326 e. The maximum Gasteiger partial charge on any atom is 0.127 e. The van der Waals surface area contributed by atoms with Crippen molar-refractivity contribution in [2.45, 2.75) is 13.5 Å². The molecule has 0 saturated carbocycles. The zero-order chi connectivity index (χ0) is 8.43. The number of rotatable bonds is 1. The van der Waals surface area contributed by atoms with Gasteiger partial charge in [0, 0.05) is 11.0 Å². The van der Waals surface area contributed by atoms with E-state index >= 15 is 0 Å². The summed E-state index contributed by atoms with van der Waals surface area (Å²) in [5, 5.41) is 0. The Morgan fingerprint density at radius 2 is 2.18 bits per heavy atom. The molecule has 0 bridgehead atoms. The summed E-state index contributed by atoms with van der Waals surface area (Å²) in [6.07, 6.45) is 0. The Hall–Kier alpha value is -0.410. The smallest absolute Gasteiger partial charge is 0.127 e. The van der Waals surface area contributed by atoms with Crippen molar-refractivity contribution in [2.24, 2.45) is 5.73 Å². The van der Waals surface area contributed by atoms with Crippen LogP contribution in [0.5, 0.6) is 0 Å². The molecule has 0 aliphatic rings. The van der Waals surface area contributed by atoms with Gasteiger partial charge in [-0.2, -0.15) is 0 Å². The molecule has 0 aliphatic carbocycles. The first-order chi connectivity index (χ1) is 5.15. The summed E-state index contributed by atoms with van der Waals surface area (Å²) in [6.45, 7) is 2.10. The van der Waals surface area contributed by atoms with E-state index in [0.717, 1.165) is 10.0 Å². The minimum Gasteiger partial charge on any atom is -0.326 e. The monoisotopic (exact) mass is 217 g/mol. The fraction of sp³-hybridized carbons (Fsp3) is 0.250. The molecule has 0 spiro atoms. The van der Waals surface area contributed by atoms with E-state index in [2.05, 4.69) is 15.9 Å². The van der Waals surface area contributed by atoms with Gasteiger partial charge < -0.3 is 5.73 Å². The lowest BCUT2D eigenvalue weighted by molar-refractivity contribution is 0.614. The lowest BCUT2D eigenvalue weighted by atomic mass is 10.1. The fourth-order valence-electron chi connectivity index (χ4n) is 0.911. The molecule has 0 radical (unpaired) electrons. The molecule has 0 unspecified atom stereocenters. The average Bonchev–Trinajstić information content (AvgIpc) is 1.96. The third kappa shape index (κ3) is 1.79. The predicted molar refractivity (Wildman–Crippen MR) is 46.7 cm³/mol. The Balaban J connectivity index is 3.24. The molecule has 3 heteroatoms. The fourth-order valence-corrected chi connectivity index (χ4v) is 1.39. The van der Waals surface area contributed by atoms with Gasteiger partial charge >= 0.3 is 0 Å². The number of halogens is 2. The highest BCUT2D eigenvalue weighted by molar-refractivity contribution is 9.10. The Labute approximate surface area is 73.5 Å². The van der Waals surface area contributed by atoms with Gasteiger partial charge in [-0.1, -0.05) is 15.9 Å². The highest BCUT2D eigenvalue weighted by Crippen LogP contribution is 2.18. The van der Waals surface area contributed by atoms with Crippen LogP contribution in [0, 0.1) is 12.7 Å². The summed E-state index contributed by atoms with van der Waals surface area (Å²) in [6, 6.07) is 3.27. The van der Waals surface area contributed by atoms with Gasteiger partial charge in [0.2, 0.25) is 0 Å². The summed E-state index contributed by atoms with van der Waals surface area (Å²) in [5.41, 5.74) is 6.88. The van der Waals surface area contributed by atoms with Gasteiger partial charge in [-0.3, -0.25) is 0 Å². The molecular weight excluding hydrogens is 209 g/mol. The number of nitrogens with two attached hydrogens (primary N) is 1. The second-order valence-corrected chi connectivity index (χ2v) is 3.29. The molecule has 0 saturated heterocycles. The first kappa shape index (κ1) is 8.68. The minimum absolute atomic E-state index is 0.208. The van der Waals surface area contributed by atoms with E-state index in [-0.39, 0.29) is 5.82 Å². The predicted octanol–water partition coefficient (Wildman–Crippen LogP) is 2.36. The molecule has 0 aromatic heterocycles. The number of hydrogen-bond donors (Lipinski definition) is 1. The van der Waals surface area contributed by atoms with Gasteiger partial charge in [-0.15, -0.1) is 0 Å². The van der Waals surface area contributed by atoms with Gasteiger partial charge in [0.05, 0.1) is 0 Å². The Morgan fingerprint density at radius 1 is 1.55 bits per heavy atom. The van der Waals surface area contributed by atoms with Crippen LogP contribution in [0.15, 0.2) is 16.6 Å². The van der Waals surface area contributed by atoms with Gasteiger partial charge in [0.1, 0.15) is 5.82 Å². The zero-order valence-corrected chi connectivity index (χ0v) is 7.78. The van der Waals surface area contributed by atoms with Crippen LogP contribution < -0.4 is 5.73 Å². The highest BCUT2D eigenvalue weighted by atomic mass is 79.9. The van der Waals surface area contributed by atoms with Crippen molar-refractivity contribution in [3.8, 4) is 0 Å². The lowest BCUT2D eigenvalue weighted by Gasteiger charge is -2.04. The molecule has 0 fully saturated rings. The van der Waals surface area contributed by atoms with Crippen molar-refractivity contribution in [1.29, 1.82) is 0 Å². The molecule has 60 valence electrons. The van der Waals surface area contributed by atoms with Gasteiger partial charge in [0.25, 0.3) is 0 Å². The summed E-state index contributed by atoms with van der Waals surface area (Å²) < 4.78 is 13.7. The van der Waals surface area contributed by atoms with E-state index in [9.17, 15) is 4.39 Å². The molecule has 1 nitrogen and oxygen atoms in total. The van der Waals surface area contributed by atoms with Crippen LogP contribution in [0.1, 0.15) is 11.1 Å². The molecule has 1 aromatic carbocycles. The van der Waals surface area contributed by atoms with Crippen LogP contribution in [-0.4, -0.2) is 0 Å². The van der Waals surface area contributed by atoms with Gasteiger partial charge in [0.15, 0.2) is 0 Å². The first-order valence-corrected chi connectivity index (χ1v) is 4.09. The molecule has 11 heavy (non-hydrogen) atoms. The summed E-state index contributed by atoms with van der Waals surface area (Å²) in [5.74, 6) is -0.208. The van der Waals surface area contributed by atoms with E-state index in [4.69, 9.17) is 5.73 Å². The third-order valence-electron chi connectivity index (χ3n) is 1.64. The van der Waals surface area contributed by atoms with Crippen molar-refractivity contribution in [3.05, 3.63) is 33.5 Å². The molecule has 1 rings (SSSR count). The maximum absolute atomic E-state index is 12.9. The molecule has 0 heterocycles. The van der Waals surface area contributed by atoms with E-state index < -0.39 is 0 Å². The number of benzene rings is 1. The molecule has 2 N–H and O–H groups in total. The van der Waals surface area contributed by atoms with Crippen molar-refractivity contribution < 1.29 is 4.39 Å². The van der Waals surface area contributed by atoms with Crippen molar-refractivity contribution in [2.75, 3.05) is 0 Å². The second kappa shape index (κ2) is 3.32. The molecule has 0 amide bonds. The minimum atomic E-state index is -0.208. The van der Waals surface area contributed by atoms with E-state index in [1.807, 2.05) is 6.07 Å². The van der Waals surface area contributed by atoms with E-state index in [1.54, 1.807) is 6.92 Å². The normalized spacial score (nSPS) is 10.2. The summed E-state index contributed by atoms with van der Waals surface area (Å²) in [7, 11) is 0. The van der Waals surface area contributed by atoms with Crippen LogP contribution >= 0.6 is 15.9 Å². The van der Waals surface area contributed by atoms with Crippen molar-refractivity contribution in [3.63, 3.8) is 0 Å². The van der Waals surface area contributed by atoms with Crippen LogP contribution in [-0.2, 0) is 6.54 Å². The van der Waals surface area contributed by atoms with Gasteiger partial charge in [-0.25, -0.2) is 4.39 Å². The number of hydrogen-bond acceptors (Lipinski definition) is 1. The zero-order valence-electron chi connectivity index (χ0n) is 6.20. The summed E-state index contributed by atoms with van der Waals surface area (Å²) in [4.78, 5) is 0.